The summed E-state index contributed by atoms with van der Waals surface area (Å²) < 4.78 is 20.6. The average molecular weight is 715 g/mol. The number of rotatable bonds is 9. The van der Waals surface area contributed by atoms with Gasteiger partial charge in [0.05, 0.1) is 12.2 Å². The summed E-state index contributed by atoms with van der Waals surface area (Å²) in [4.78, 5) is 0. The van der Waals surface area contributed by atoms with Crippen molar-refractivity contribution in [1.82, 2.24) is 0 Å². The Morgan fingerprint density at radius 2 is 1.35 bits per heavy atom. The molecule has 0 radical (unpaired) electrons. The fourth-order valence-electron chi connectivity index (χ4n) is 8.62. The van der Waals surface area contributed by atoms with Crippen LogP contribution in [-0.2, 0) is 13.3 Å². The maximum atomic E-state index is 7.11. The highest BCUT2D eigenvalue weighted by Crippen LogP contribution is 2.57. The summed E-state index contributed by atoms with van der Waals surface area (Å²) in [5, 5.41) is 0.410. The quantitative estimate of drug-likeness (QED) is 0.176. The molecule has 0 aromatic carbocycles. The Morgan fingerprint density at radius 1 is 0.812 bits per heavy atom. The Hall–Kier alpha value is -0.429. The van der Waals surface area contributed by atoms with Crippen LogP contribution in [0.3, 0.4) is 0 Å². The van der Waals surface area contributed by atoms with Crippen molar-refractivity contribution in [2.75, 3.05) is 0 Å². The van der Waals surface area contributed by atoms with E-state index in [2.05, 4.69) is 139 Å². The molecule has 48 heavy (non-hydrogen) atoms. The highest BCUT2D eigenvalue weighted by Gasteiger charge is 2.48. The molecule has 3 saturated carbocycles. The highest BCUT2D eigenvalue weighted by atomic mass is 28.4. The number of fused-ring (bicyclic) bond motifs is 1. The first-order valence-electron chi connectivity index (χ1n) is 19.6. The second-order valence-corrected chi connectivity index (χ2v) is 34.8. The monoisotopic (exact) mass is 715 g/mol. The van der Waals surface area contributed by atoms with Gasteiger partial charge in [0.15, 0.2) is 25.0 Å². The molecule has 0 aliphatic heterocycles. The third-order valence-corrected chi connectivity index (χ3v) is 23.1. The van der Waals surface area contributed by atoms with E-state index in [9.17, 15) is 0 Å². The molecule has 0 N–H and O–H groups in total. The zero-order valence-corrected chi connectivity index (χ0v) is 37.8. The van der Waals surface area contributed by atoms with Crippen molar-refractivity contribution >= 4 is 25.0 Å². The normalized spacial score (nSPS) is 29.6. The SMILES string of the molecule is C[C@H](CC#CC(C)(C)O[Si](C)(C)C)[C@H]1CCC[C@H]2C(=CC=C3C[C@@H](O[Si](C)(C)C(C)(C)C)C[C@H](O[Si](C)(C)C(C)(C)C)C3)CCC[C@]12C. The lowest BCUT2D eigenvalue weighted by Gasteiger charge is -2.53. The van der Waals surface area contributed by atoms with Gasteiger partial charge in [-0.15, -0.1) is 5.92 Å². The molecule has 0 aromatic rings. The molecule has 3 aliphatic carbocycles. The van der Waals surface area contributed by atoms with E-state index in [4.69, 9.17) is 13.3 Å². The van der Waals surface area contributed by atoms with Crippen molar-refractivity contribution in [1.29, 1.82) is 0 Å². The van der Waals surface area contributed by atoms with Gasteiger partial charge in [-0.3, -0.25) is 0 Å². The van der Waals surface area contributed by atoms with E-state index in [1.807, 2.05) is 0 Å². The molecule has 3 nitrogen and oxygen atoms in total. The Bertz CT molecular complexity index is 1180. The smallest absolute Gasteiger partial charge is 0.192 e. The minimum Gasteiger partial charge on any atom is -0.414 e. The van der Waals surface area contributed by atoms with Gasteiger partial charge in [-0.05, 0) is 144 Å². The second-order valence-electron chi connectivity index (χ2n) is 20.9. The first kappa shape index (κ1) is 42.0. The minimum absolute atomic E-state index is 0.205. The van der Waals surface area contributed by atoms with Gasteiger partial charge in [0.25, 0.3) is 0 Å². The first-order chi connectivity index (χ1) is 21.7. The van der Waals surface area contributed by atoms with Gasteiger partial charge in [0.1, 0.15) is 5.60 Å². The lowest BCUT2D eigenvalue weighted by atomic mass is 9.51. The molecule has 0 unspecified atom stereocenters. The van der Waals surface area contributed by atoms with E-state index < -0.39 is 25.0 Å². The summed E-state index contributed by atoms with van der Waals surface area (Å²) in [7, 11) is -5.41. The Morgan fingerprint density at radius 3 is 1.85 bits per heavy atom. The van der Waals surface area contributed by atoms with Gasteiger partial charge in [0.2, 0.25) is 0 Å². The van der Waals surface area contributed by atoms with Crippen molar-refractivity contribution in [2.24, 2.45) is 23.2 Å². The van der Waals surface area contributed by atoms with Gasteiger partial charge in [-0.2, -0.15) is 0 Å². The molecular weight excluding hydrogens is 637 g/mol. The Labute approximate surface area is 302 Å². The Kier molecular flexibility index (Phi) is 13.4. The van der Waals surface area contributed by atoms with Crippen molar-refractivity contribution in [3.05, 3.63) is 23.3 Å². The van der Waals surface area contributed by atoms with E-state index in [-0.39, 0.29) is 27.9 Å². The summed E-state index contributed by atoms with van der Waals surface area (Å²) in [6.45, 7) is 40.0. The highest BCUT2D eigenvalue weighted by molar-refractivity contribution is 6.74. The number of hydrogen-bond acceptors (Lipinski definition) is 3. The van der Waals surface area contributed by atoms with Crippen LogP contribution >= 0.6 is 0 Å². The molecule has 0 saturated heterocycles. The zero-order valence-electron chi connectivity index (χ0n) is 34.8. The summed E-state index contributed by atoms with van der Waals surface area (Å²) in [5.41, 5.74) is 3.24. The van der Waals surface area contributed by atoms with Gasteiger partial charge < -0.3 is 13.3 Å². The van der Waals surface area contributed by atoms with Crippen molar-refractivity contribution in [3.8, 4) is 11.8 Å². The lowest BCUT2D eigenvalue weighted by molar-refractivity contribution is 0.00255. The van der Waals surface area contributed by atoms with Gasteiger partial charge >= 0.3 is 0 Å². The van der Waals surface area contributed by atoms with Gasteiger partial charge in [-0.25, -0.2) is 0 Å². The molecule has 0 aromatic heterocycles. The van der Waals surface area contributed by atoms with Crippen LogP contribution in [-0.4, -0.2) is 42.8 Å². The van der Waals surface area contributed by atoms with E-state index in [0.717, 1.165) is 31.6 Å². The van der Waals surface area contributed by atoms with E-state index in [0.29, 0.717) is 17.3 Å². The van der Waals surface area contributed by atoms with Crippen LogP contribution < -0.4 is 0 Å². The molecule has 0 bridgehead atoms. The van der Waals surface area contributed by atoms with E-state index in [1.165, 1.54) is 44.1 Å². The number of allylic oxidation sites excluding steroid dienone is 3. The van der Waals surface area contributed by atoms with Crippen molar-refractivity contribution in [2.45, 2.75) is 207 Å². The second kappa shape index (κ2) is 15.3. The molecule has 0 heterocycles. The third-order valence-electron chi connectivity index (χ3n) is 12.9. The summed E-state index contributed by atoms with van der Waals surface area (Å²) in [6.07, 6.45) is 17.6. The van der Waals surface area contributed by atoms with Crippen LogP contribution in [0.25, 0.3) is 0 Å². The van der Waals surface area contributed by atoms with Crippen LogP contribution in [0.1, 0.15) is 133 Å². The van der Waals surface area contributed by atoms with E-state index in [1.54, 1.807) is 5.57 Å². The molecular formula is C42H78O3Si3. The van der Waals surface area contributed by atoms with Crippen LogP contribution in [0.15, 0.2) is 23.3 Å². The largest absolute Gasteiger partial charge is 0.414 e. The molecule has 0 amide bonds. The predicted octanol–water partition coefficient (Wildman–Crippen LogP) is 13.1. The fraction of sp³-hybridized carbons (Fsp3) is 0.857. The molecule has 6 atom stereocenters. The van der Waals surface area contributed by atoms with Crippen LogP contribution in [0, 0.1) is 35.0 Å². The molecule has 3 fully saturated rings. The van der Waals surface area contributed by atoms with Crippen LogP contribution in [0.5, 0.6) is 0 Å². The molecule has 276 valence electrons. The van der Waals surface area contributed by atoms with E-state index >= 15 is 0 Å². The standard InChI is InChI=1S/C42H78O3Si3/c1-32(21-19-27-41(8,9)45-46(11,12)13)37-23-18-24-38-34(22-20-28-42(37,38)10)26-25-33-29-35(43-47(14,15)39(2,3)4)31-36(30-33)44-48(16,17)40(5,6)7/h25-26,32,35-38H,18,20-24,28-31H2,1-17H3/t32-,35-,36-,37-,38+,42-/m1/s1. The summed E-state index contributed by atoms with van der Waals surface area (Å²) >= 11 is 0. The molecule has 6 heteroatoms. The minimum atomic E-state index is -1.89. The fourth-order valence-corrected chi connectivity index (χ4v) is 12.9. The van der Waals surface area contributed by atoms with Crippen molar-refractivity contribution in [3.63, 3.8) is 0 Å². The average Bonchev–Trinajstić information content (AvgIpc) is 2.87. The van der Waals surface area contributed by atoms with Gasteiger partial charge in [-0.1, -0.05) is 91.0 Å². The number of hydrogen-bond donors (Lipinski definition) is 0. The summed E-state index contributed by atoms with van der Waals surface area (Å²) in [6, 6.07) is 0. The maximum absolute atomic E-state index is 7.11. The first-order valence-corrected chi connectivity index (χ1v) is 28.8. The molecule has 0 spiro atoms. The Balaban J connectivity index is 1.84. The van der Waals surface area contributed by atoms with Crippen LogP contribution in [0.4, 0.5) is 0 Å². The topological polar surface area (TPSA) is 27.7 Å². The van der Waals surface area contributed by atoms with Crippen molar-refractivity contribution < 1.29 is 13.3 Å². The van der Waals surface area contributed by atoms with Crippen LogP contribution in [0.2, 0.25) is 55.9 Å². The molecule has 3 aliphatic rings. The predicted molar refractivity (Wildman–Crippen MR) is 217 cm³/mol. The maximum Gasteiger partial charge on any atom is 0.192 e. The van der Waals surface area contributed by atoms with Gasteiger partial charge in [0, 0.05) is 6.42 Å². The zero-order chi connectivity index (χ0) is 36.6. The third kappa shape index (κ3) is 11.0. The molecule has 3 rings (SSSR count). The summed E-state index contributed by atoms with van der Waals surface area (Å²) in [5.74, 6) is 9.13. The lowest BCUT2D eigenvalue weighted by Crippen LogP contribution is -2.48.